The van der Waals surface area contributed by atoms with Gasteiger partial charge >= 0.3 is 5.72 Å². The summed E-state index contributed by atoms with van der Waals surface area (Å²) in [5.74, 6) is -1.91. The van der Waals surface area contributed by atoms with Crippen molar-refractivity contribution in [3.63, 3.8) is 0 Å². The molecule has 0 aliphatic heterocycles. The summed E-state index contributed by atoms with van der Waals surface area (Å²) in [4.78, 5) is 9.98. The molecule has 0 saturated carbocycles. The molecule has 9 nitrogen and oxygen atoms in total. The first-order chi connectivity index (χ1) is 13.7. The van der Waals surface area contributed by atoms with Crippen LogP contribution in [0.3, 0.4) is 0 Å². The normalized spacial score (nSPS) is 17.8. The van der Waals surface area contributed by atoms with Crippen LogP contribution < -0.4 is 0 Å². The quantitative estimate of drug-likeness (QED) is 0.166. The molecule has 0 radical (unpaired) electrons. The average Bonchev–Trinajstić information content (AvgIpc) is 2.72. The molecule has 29 heavy (non-hydrogen) atoms. The zero-order chi connectivity index (χ0) is 21.6. The lowest BCUT2D eigenvalue weighted by atomic mass is 9.92. The first-order valence-electron chi connectivity index (χ1n) is 8.50. The van der Waals surface area contributed by atoms with Gasteiger partial charge in [0.1, 0.15) is 17.6 Å². The predicted octanol–water partition coefficient (Wildman–Crippen LogP) is 1.23. The largest absolute Gasteiger partial charge is 0.509 e. The van der Waals surface area contributed by atoms with Gasteiger partial charge in [-0.25, -0.2) is 0 Å². The third kappa shape index (κ3) is 4.98. The fourth-order valence-electron chi connectivity index (χ4n) is 2.59. The summed E-state index contributed by atoms with van der Waals surface area (Å²) < 4.78 is 0. The van der Waals surface area contributed by atoms with E-state index in [0.29, 0.717) is 11.1 Å². The van der Waals surface area contributed by atoms with E-state index >= 15 is 0 Å². The van der Waals surface area contributed by atoms with Crippen LogP contribution >= 0.6 is 0 Å². The molecule has 2 aromatic carbocycles. The van der Waals surface area contributed by atoms with E-state index in [-0.39, 0.29) is 0 Å². The molecular weight excluding hydrogens is 382 g/mol. The van der Waals surface area contributed by atoms with Crippen LogP contribution in [0.15, 0.2) is 72.2 Å². The first-order valence-corrected chi connectivity index (χ1v) is 8.50. The van der Waals surface area contributed by atoms with Gasteiger partial charge in [-0.1, -0.05) is 60.7 Å². The first kappa shape index (κ1) is 22.1. The molecule has 0 aliphatic carbocycles. The van der Waals surface area contributed by atoms with Crippen LogP contribution in [0.25, 0.3) is 12.2 Å². The molecule has 0 saturated heterocycles. The van der Waals surface area contributed by atoms with E-state index < -0.39 is 40.5 Å². The molecule has 2 aromatic rings. The van der Waals surface area contributed by atoms with Crippen molar-refractivity contribution in [3.8, 4) is 0 Å². The molecule has 6 N–H and O–H groups in total. The molecule has 0 fully saturated rings. The third-order valence-electron chi connectivity index (χ3n) is 4.24. The van der Waals surface area contributed by atoms with Gasteiger partial charge < -0.3 is 30.6 Å². The number of nitro groups is 1. The van der Waals surface area contributed by atoms with Crippen molar-refractivity contribution < 1.29 is 35.6 Å². The molecule has 0 spiro atoms. The maximum atomic E-state index is 11.4. The Hall–Kier alpha value is -3.24. The summed E-state index contributed by atoms with van der Waals surface area (Å²) in [5, 5.41) is 72.3. The van der Waals surface area contributed by atoms with Crippen molar-refractivity contribution in [1.82, 2.24) is 0 Å². The van der Waals surface area contributed by atoms with Crippen LogP contribution in [0, 0.1) is 10.1 Å². The molecule has 4 unspecified atom stereocenters. The van der Waals surface area contributed by atoms with E-state index in [0.717, 1.165) is 12.2 Å². The Morgan fingerprint density at radius 1 is 0.862 bits per heavy atom. The standard InChI is InChI=1S/C20H21NO8/c22-15(11-13-7-3-1-4-8-13)17(24)19(26)20(27,21(28)29)18(25)16(23)12-14-9-5-2-6-10-14/h1-12,17-19,22-27H. The van der Waals surface area contributed by atoms with Crippen molar-refractivity contribution in [2.45, 2.75) is 24.0 Å². The zero-order valence-corrected chi connectivity index (χ0v) is 15.1. The average molecular weight is 403 g/mol. The number of hydrogen-bond donors (Lipinski definition) is 6. The fraction of sp³-hybridized carbons (Fsp3) is 0.200. The summed E-state index contributed by atoms with van der Waals surface area (Å²) >= 11 is 0. The van der Waals surface area contributed by atoms with Gasteiger partial charge in [0.15, 0.2) is 6.10 Å². The van der Waals surface area contributed by atoms with Gasteiger partial charge in [-0.3, -0.25) is 10.1 Å². The van der Waals surface area contributed by atoms with Crippen molar-refractivity contribution in [2.24, 2.45) is 0 Å². The van der Waals surface area contributed by atoms with Crippen LogP contribution in [-0.2, 0) is 0 Å². The minimum Gasteiger partial charge on any atom is -0.509 e. The second kappa shape index (κ2) is 9.30. The third-order valence-corrected chi connectivity index (χ3v) is 4.24. The van der Waals surface area contributed by atoms with Gasteiger partial charge in [-0.05, 0) is 23.3 Å². The molecule has 2 rings (SSSR count). The fourth-order valence-corrected chi connectivity index (χ4v) is 2.59. The highest BCUT2D eigenvalue weighted by Gasteiger charge is 2.60. The van der Waals surface area contributed by atoms with Crippen molar-refractivity contribution in [1.29, 1.82) is 0 Å². The lowest BCUT2D eigenvalue weighted by Gasteiger charge is -2.30. The summed E-state index contributed by atoms with van der Waals surface area (Å²) in [7, 11) is 0. The molecule has 9 heteroatoms. The van der Waals surface area contributed by atoms with E-state index in [2.05, 4.69) is 0 Å². The number of rotatable bonds is 8. The van der Waals surface area contributed by atoms with E-state index in [1.807, 2.05) is 0 Å². The Labute approximate surface area is 165 Å². The number of aliphatic hydroxyl groups is 6. The van der Waals surface area contributed by atoms with E-state index in [1.165, 1.54) is 12.1 Å². The predicted molar refractivity (Wildman–Crippen MR) is 104 cm³/mol. The van der Waals surface area contributed by atoms with Gasteiger partial charge in [0, 0.05) is 0 Å². The smallest absolute Gasteiger partial charge is 0.384 e. The van der Waals surface area contributed by atoms with Crippen LogP contribution in [0.4, 0.5) is 0 Å². The molecule has 0 aromatic heterocycles. The Kier molecular flexibility index (Phi) is 7.08. The SMILES string of the molecule is O=[N+]([O-])C(O)(C(O)C(O)=Cc1ccccc1)C(O)C(O)C(O)=Cc1ccccc1. The van der Waals surface area contributed by atoms with E-state index in [4.69, 9.17) is 0 Å². The maximum Gasteiger partial charge on any atom is 0.384 e. The number of nitrogens with zero attached hydrogens (tertiary/aromatic N) is 1. The molecule has 4 atom stereocenters. The highest BCUT2D eigenvalue weighted by Crippen LogP contribution is 2.27. The lowest BCUT2D eigenvalue weighted by Crippen LogP contribution is -2.62. The monoisotopic (exact) mass is 403 g/mol. The van der Waals surface area contributed by atoms with Crippen LogP contribution in [-0.4, -0.2) is 59.6 Å². The molecular formula is C20H21NO8. The topological polar surface area (TPSA) is 165 Å². The Balaban J connectivity index is 2.33. The van der Waals surface area contributed by atoms with Gasteiger partial charge in [0.25, 0.3) is 0 Å². The maximum absolute atomic E-state index is 11.4. The van der Waals surface area contributed by atoms with E-state index in [1.54, 1.807) is 48.5 Å². The molecule has 0 heterocycles. The van der Waals surface area contributed by atoms with Crippen molar-refractivity contribution >= 4 is 12.2 Å². The lowest BCUT2D eigenvalue weighted by molar-refractivity contribution is -0.651. The minimum absolute atomic E-state index is 0.358. The minimum atomic E-state index is -3.62. The number of aliphatic hydroxyl groups excluding tert-OH is 5. The van der Waals surface area contributed by atoms with Crippen molar-refractivity contribution in [2.75, 3.05) is 0 Å². The summed E-state index contributed by atoms with van der Waals surface area (Å²) in [6.45, 7) is 0. The van der Waals surface area contributed by atoms with Crippen molar-refractivity contribution in [3.05, 3.63) is 93.4 Å². The van der Waals surface area contributed by atoms with Gasteiger partial charge in [-0.15, -0.1) is 0 Å². The van der Waals surface area contributed by atoms with Gasteiger partial charge in [0.2, 0.25) is 6.10 Å². The second-order valence-corrected chi connectivity index (χ2v) is 6.29. The van der Waals surface area contributed by atoms with Gasteiger partial charge in [-0.2, -0.15) is 0 Å². The Morgan fingerprint density at radius 3 is 1.69 bits per heavy atom. The second-order valence-electron chi connectivity index (χ2n) is 6.29. The summed E-state index contributed by atoms with van der Waals surface area (Å²) in [5.41, 5.74) is -2.85. The Morgan fingerprint density at radius 2 is 1.28 bits per heavy atom. The van der Waals surface area contributed by atoms with Crippen LogP contribution in [0.1, 0.15) is 11.1 Å². The number of benzene rings is 2. The van der Waals surface area contributed by atoms with E-state index in [9.17, 15) is 40.8 Å². The van der Waals surface area contributed by atoms with Crippen LogP contribution in [0.2, 0.25) is 0 Å². The van der Waals surface area contributed by atoms with Crippen LogP contribution in [0.5, 0.6) is 0 Å². The molecule has 0 bridgehead atoms. The molecule has 0 aliphatic rings. The summed E-state index contributed by atoms with van der Waals surface area (Å²) in [6.07, 6.45) is -5.63. The number of hydrogen-bond acceptors (Lipinski definition) is 8. The highest BCUT2D eigenvalue weighted by atomic mass is 16.7. The highest BCUT2D eigenvalue weighted by molar-refractivity contribution is 5.53. The molecule has 154 valence electrons. The Bertz CT molecular complexity index is 884. The van der Waals surface area contributed by atoms with Gasteiger partial charge in [0.05, 0.1) is 4.92 Å². The zero-order valence-electron chi connectivity index (χ0n) is 15.1. The molecule has 0 amide bonds. The summed E-state index contributed by atoms with van der Waals surface area (Å²) in [6, 6.07) is 16.0.